The smallest absolute Gasteiger partial charge is 0.264 e. The molecule has 2 fully saturated rings. The molecule has 32 heavy (non-hydrogen) atoms. The Balaban J connectivity index is 1.39. The number of fused-ring (bicyclic) bond motifs is 1. The van der Waals surface area contributed by atoms with Crippen LogP contribution in [-0.4, -0.2) is 32.7 Å². The molecule has 7 heteroatoms. The normalized spacial score (nSPS) is 22.2. The molecule has 0 spiro atoms. The van der Waals surface area contributed by atoms with E-state index < -0.39 is 21.2 Å². The average molecular weight is 454 g/mol. The second kappa shape index (κ2) is 7.80. The van der Waals surface area contributed by atoms with Crippen molar-refractivity contribution >= 4 is 27.3 Å². The first-order valence-electron chi connectivity index (χ1n) is 11.5. The Kier molecular flexibility index (Phi) is 5.19. The summed E-state index contributed by atoms with van der Waals surface area (Å²) in [6, 6.07) is 14.5. The molecule has 5 rings (SSSR count). The van der Waals surface area contributed by atoms with Crippen molar-refractivity contribution in [2.24, 2.45) is 0 Å². The van der Waals surface area contributed by atoms with Gasteiger partial charge in [-0.25, -0.2) is 13.1 Å². The van der Waals surface area contributed by atoms with Gasteiger partial charge in [0.25, 0.3) is 5.91 Å². The molecule has 2 aromatic carbocycles. The highest BCUT2D eigenvalue weighted by atomic mass is 32.2. The molecule has 1 saturated heterocycles. The van der Waals surface area contributed by atoms with Crippen LogP contribution in [0.5, 0.6) is 0 Å². The molecule has 6 nitrogen and oxygen atoms in total. The monoisotopic (exact) mass is 453 g/mol. The summed E-state index contributed by atoms with van der Waals surface area (Å²) in [4.78, 5) is 15.1. The van der Waals surface area contributed by atoms with E-state index in [0.717, 1.165) is 30.8 Å². The number of amides is 1. The molecule has 1 unspecified atom stereocenters. The first-order chi connectivity index (χ1) is 15.2. The Hall–Kier alpha value is -2.54. The van der Waals surface area contributed by atoms with Crippen LogP contribution in [0, 0.1) is 0 Å². The van der Waals surface area contributed by atoms with Crippen molar-refractivity contribution in [2.45, 2.75) is 62.7 Å². The predicted octanol–water partition coefficient (Wildman–Crippen LogP) is 4.34. The zero-order valence-electron chi connectivity index (χ0n) is 18.7. The standard InChI is InChI=1S/C25H31N3O3S/c1-25(2)16-23(17-6-5-7-19(14-17)28-12-3-4-13-28)26-22-11-8-18(15-21(22)25)24(29)27-32(30,31)20-9-10-20/h5-8,11,14-15,20,23,26H,3-4,9-10,12-13,16H2,1-2H3,(H,27,29). The maximum absolute atomic E-state index is 12.6. The zero-order valence-corrected chi connectivity index (χ0v) is 19.5. The summed E-state index contributed by atoms with van der Waals surface area (Å²) < 4.78 is 26.6. The first-order valence-corrected chi connectivity index (χ1v) is 13.1. The molecular weight excluding hydrogens is 422 g/mol. The molecule has 1 aliphatic carbocycles. The van der Waals surface area contributed by atoms with Crippen molar-refractivity contribution in [1.29, 1.82) is 0 Å². The van der Waals surface area contributed by atoms with E-state index in [2.05, 4.69) is 53.1 Å². The van der Waals surface area contributed by atoms with Gasteiger partial charge in [0.2, 0.25) is 10.0 Å². The second-order valence-electron chi connectivity index (χ2n) is 10.0. The summed E-state index contributed by atoms with van der Waals surface area (Å²) in [6.07, 6.45) is 4.65. The van der Waals surface area contributed by atoms with Crippen molar-refractivity contribution in [1.82, 2.24) is 4.72 Å². The van der Waals surface area contributed by atoms with Gasteiger partial charge in [-0.05, 0) is 79.0 Å². The van der Waals surface area contributed by atoms with Crippen LogP contribution >= 0.6 is 0 Å². The van der Waals surface area contributed by atoms with E-state index in [4.69, 9.17) is 0 Å². The van der Waals surface area contributed by atoms with E-state index in [0.29, 0.717) is 18.4 Å². The maximum Gasteiger partial charge on any atom is 0.264 e. The number of hydrogen-bond acceptors (Lipinski definition) is 5. The van der Waals surface area contributed by atoms with Gasteiger partial charge in [-0.2, -0.15) is 0 Å². The Bertz CT molecular complexity index is 1150. The van der Waals surface area contributed by atoms with Crippen molar-refractivity contribution in [3.8, 4) is 0 Å². The molecule has 2 heterocycles. The van der Waals surface area contributed by atoms with Crippen LogP contribution in [0.1, 0.15) is 73.5 Å². The molecular formula is C25H31N3O3S. The first kappa shape index (κ1) is 21.3. The topological polar surface area (TPSA) is 78.5 Å². The lowest BCUT2D eigenvalue weighted by atomic mass is 9.73. The van der Waals surface area contributed by atoms with E-state index in [9.17, 15) is 13.2 Å². The predicted molar refractivity (Wildman–Crippen MR) is 128 cm³/mol. The van der Waals surface area contributed by atoms with E-state index in [1.165, 1.54) is 24.1 Å². The summed E-state index contributed by atoms with van der Waals surface area (Å²) in [6.45, 7) is 6.62. The van der Waals surface area contributed by atoms with Gasteiger partial charge in [0, 0.05) is 30.0 Å². The third-order valence-electron chi connectivity index (χ3n) is 7.00. The van der Waals surface area contributed by atoms with Crippen LogP contribution in [0.2, 0.25) is 0 Å². The lowest BCUT2D eigenvalue weighted by Crippen LogP contribution is -2.34. The number of hydrogen-bond donors (Lipinski definition) is 2. The third kappa shape index (κ3) is 4.10. The fourth-order valence-corrected chi connectivity index (χ4v) is 6.29. The Labute approximate surface area is 190 Å². The van der Waals surface area contributed by atoms with Crippen LogP contribution in [0.15, 0.2) is 42.5 Å². The number of benzene rings is 2. The highest BCUT2D eigenvalue weighted by molar-refractivity contribution is 7.91. The number of nitrogens with zero attached hydrogens (tertiary/aromatic N) is 1. The SMILES string of the molecule is CC1(C)CC(c2cccc(N3CCCC3)c2)Nc2ccc(C(=O)NS(=O)(=O)C3CC3)cc21. The minimum absolute atomic E-state index is 0.166. The Morgan fingerprint density at radius 1 is 1.09 bits per heavy atom. The van der Waals surface area contributed by atoms with Crippen LogP contribution in [0.25, 0.3) is 0 Å². The van der Waals surface area contributed by atoms with Gasteiger partial charge in [0.1, 0.15) is 0 Å². The van der Waals surface area contributed by atoms with Gasteiger partial charge in [0.15, 0.2) is 0 Å². The molecule has 1 atom stereocenters. The number of rotatable bonds is 5. The molecule has 0 radical (unpaired) electrons. The molecule has 3 aliphatic rings. The van der Waals surface area contributed by atoms with E-state index in [1.54, 1.807) is 6.07 Å². The maximum atomic E-state index is 12.6. The van der Waals surface area contributed by atoms with Gasteiger partial charge in [0.05, 0.1) is 11.3 Å². The highest BCUT2D eigenvalue weighted by Crippen LogP contribution is 2.44. The van der Waals surface area contributed by atoms with Crippen molar-refractivity contribution in [3.05, 3.63) is 59.2 Å². The summed E-state index contributed by atoms with van der Waals surface area (Å²) in [5.74, 6) is -0.545. The number of sulfonamides is 1. The quantitative estimate of drug-likeness (QED) is 0.704. The fraction of sp³-hybridized carbons (Fsp3) is 0.480. The number of carbonyl (C=O) groups excluding carboxylic acids is 1. The zero-order chi connectivity index (χ0) is 22.5. The fourth-order valence-electron chi connectivity index (χ4n) is 4.99. The van der Waals surface area contributed by atoms with Crippen molar-refractivity contribution < 1.29 is 13.2 Å². The van der Waals surface area contributed by atoms with Crippen LogP contribution in [-0.2, 0) is 15.4 Å². The molecule has 2 aliphatic heterocycles. The second-order valence-corrected chi connectivity index (χ2v) is 12.0. The number of nitrogens with one attached hydrogen (secondary N) is 2. The molecule has 0 aromatic heterocycles. The minimum Gasteiger partial charge on any atom is -0.378 e. The van der Waals surface area contributed by atoms with Gasteiger partial charge < -0.3 is 10.2 Å². The van der Waals surface area contributed by atoms with Gasteiger partial charge >= 0.3 is 0 Å². The summed E-state index contributed by atoms with van der Waals surface area (Å²) in [5.41, 5.74) is 4.82. The highest BCUT2D eigenvalue weighted by Gasteiger charge is 2.38. The third-order valence-corrected chi connectivity index (χ3v) is 8.82. The average Bonchev–Trinajstić information content (AvgIpc) is 3.49. The van der Waals surface area contributed by atoms with Crippen molar-refractivity contribution in [3.63, 3.8) is 0 Å². The molecule has 1 saturated carbocycles. The van der Waals surface area contributed by atoms with Gasteiger partial charge in [-0.1, -0.05) is 26.0 Å². The number of anilines is 2. The van der Waals surface area contributed by atoms with Gasteiger partial charge in [-0.15, -0.1) is 0 Å². The molecule has 0 bridgehead atoms. The van der Waals surface area contributed by atoms with Gasteiger partial charge in [-0.3, -0.25) is 4.79 Å². The van der Waals surface area contributed by atoms with Crippen LogP contribution in [0.4, 0.5) is 11.4 Å². The molecule has 2 N–H and O–H groups in total. The lowest BCUT2D eigenvalue weighted by molar-refractivity contribution is 0.0981. The minimum atomic E-state index is -3.56. The van der Waals surface area contributed by atoms with Crippen molar-refractivity contribution in [2.75, 3.05) is 23.3 Å². The lowest BCUT2D eigenvalue weighted by Gasteiger charge is -2.39. The van der Waals surface area contributed by atoms with E-state index in [-0.39, 0.29) is 11.5 Å². The molecule has 2 aromatic rings. The molecule has 1 amide bonds. The van der Waals surface area contributed by atoms with Crippen LogP contribution < -0.4 is 14.9 Å². The molecule has 170 valence electrons. The summed E-state index contributed by atoms with van der Waals surface area (Å²) in [7, 11) is -3.56. The number of carbonyl (C=O) groups is 1. The van der Waals surface area contributed by atoms with E-state index in [1.807, 2.05) is 12.1 Å². The summed E-state index contributed by atoms with van der Waals surface area (Å²) in [5, 5.41) is 3.24. The van der Waals surface area contributed by atoms with Crippen LogP contribution in [0.3, 0.4) is 0 Å². The van der Waals surface area contributed by atoms with E-state index >= 15 is 0 Å². The summed E-state index contributed by atoms with van der Waals surface area (Å²) >= 11 is 0. The Morgan fingerprint density at radius 3 is 2.56 bits per heavy atom. The Morgan fingerprint density at radius 2 is 1.84 bits per heavy atom. The largest absolute Gasteiger partial charge is 0.378 e.